The minimum absolute atomic E-state index is 0.317. The summed E-state index contributed by atoms with van der Waals surface area (Å²) in [6, 6.07) is 2.58. The van der Waals surface area contributed by atoms with Gasteiger partial charge in [-0.25, -0.2) is 0 Å². The number of rotatable bonds is 5. The lowest BCUT2D eigenvalue weighted by atomic mass is 9.93. The van der Waals surface area contributed by atoms with Crippen molar-refractivity contribution in [1.29, 1.82) is 0 Å². The molecule has 3 heteroatoms. The van der Waals surface area contributed by atoms with Gasteiger partial charge in [0, 0.05) is 9.75 Å². The molecule has 0 aliphatic carbocycles. The second-order valence-electron chi connectivity index (χ2n) is 4.11. The fraction of sp³-hybridized carbons (Fsp3) is 0.667. The van der Waals surface area contributed by atoms with Crippen LogP contribution in [0.3, 0.4) is 0 Å². The molecule has 0 radical (unpaired) electrons. The van der Waals surface area contributed by atoms with Crippen molar-refractivity contribution in [2.75, 3.05) is 0 Å². The predicted octanol–water partition coefficient (Wildman–Crippen LogP) is 3.31. The van der Waals surface area contributed by atoms with Gasteiger partial charge in [-0.3, -0.25) is 11.3 Å². The molecular weight excluding hydrogens is 204 g/mol. The Bertz CT molecular complexity index is 283. The molecule has 15 heavy (non-hydrogen) atoms. The van der Waals surface area contributed by atoms with Crippen LogP contribution in [0.25, 0.3) is 0 Å². The van der Waals surface area contributed by atoms with E-state index in [4.69, 9.17) is 5.84 Å². The van der Waals surface area contributed by atoms with E-state index in [0.29, 0.717) is 12.0 Å². The maximum Gasteiger partial charge on any atom is 0.0581 e. The molecule has 0 amide bonds. The van der Waals surface area contributed by atoms with Crippen molar-refractivity contribution in [2.24, 2.45) is 11.8 Å². The van der Waals surface area contributed by atoms with Crippen molar-refractivity contribution in [3.63, 3.8) is 0 Å². The fourth-order valence-corrected chi connectivity index (χ4v) is 3.16. The first-order chi connectivity index (χ1) is 7.13. The Hall–Kier alpha value is -0.380. The monoisotopic (exact) mass is 226 g/mol. The largest absolute Gasteiger partial charge is 0.271 e. The topological polar surface area (TPSA) is 38.0 Å². The first-order valence-corrected chi connectivity index (χ1v) is 6.48. The molecule has 0 saturated carbocycles. The molecule has 1 aromatic heterocycles. The van der Waals surface area contributed by atoms with E-state index in [2.05, 4.69) is 39.2 Å². The van der Waals surface area contributed by atoms with Crippen LogP contribution < -0.4 is 11.3 Å². The zero-order chi connectivity index (χ0) is 11.4. The second-order valence-corrected chi connectivity index (χ2v) is 5.40. The molecule has 2 nitrogen and oxygen atoms in total. The van der Waals surface area contributed by atoms with E-state index in [0.717, 1.165) is 0 Å². The van der Waals surface area contributed by atoms with Gasteiger partial charge in [-0.2, -0.15) is 0 Å². The zero-order valence-corrected chi connectivity index (χ0v) is 10.9. The SMILES string of the molecule is CCC(CC)C(NN)c1cc(C)c(C)s1. The number of thiophene rings is 1. The van der Waals surface area contributed by atoms with Gasteiger partial charge in [0.1, 0.15) is 0 Å². The third-order valence-electron chi connectivity index (χ3n) is 3.19. The molecule has 1 rings (SSSR count). The molecule has 1 heterocycles. The number of hydrogen-bond donors (Lipinski definition) is 2. The Kier molecular flexibility index (Phi) is 4.77. The van der Waals surface area contributed by atoms with Gasteiger partial charge in [-0.05, 0) is 31.4 Å². The Morgan fingerprint density at radius 2 is 1.93 bits per heavy atom. The van der Waals surface area contributed by atoms with Crippen molar-refractivity contribution >= 4 is 11.3 Å². The lowest BCUT2D eigenvalue weighted by Gasteiger charge is -2.23. The van der Waals surface area contributed by atoms with Crippen LogP contribution in [-0.4, -0.2) is 0 Å². The molecule has 0 aliphatic rings. The summed E-state index contributed by atoms with van der Waals surface area (Å²) in [6.45, 7) is 8.79. The van der Waals surface area contributed by atoms with Gasteiger partial charge in [-0.15, -0.1) is 11.3 Å². The number of nitrogens with one attached hydrogen (secondary N) is 1. The predicted molar refractivity (Wildman–Crippen MR) is 67.9 cm³/mol. The Balaban J connectivity index is 2.91. The van der Waals surface area contributed by atoms with Gasteiger partial charge in [0.05, 0.1) is 6.04 Å². The minimum Gasteiger partial charge on any atom is -0.271 e. The third kappa shape index (κ3) is 2.80. The van der Waals surface area contributed by atoms with Crippen molar-refractivity contribution in [2.45, 2.75) is 46.6 Å². The molecule has 3 N–H and O–H groups in total. The van der Waals surface area contributed by atoms with Crippen LogP contribution >= 0.6 is 11.3 Å². The van der Waals surface area contributed by atoms with Crippen LogP contribution in [0.5, 0.6) is 0 Å². The molecular formula is C12H22N2S. The highest BCUT2D eigenvalue weighted by Crippen LogP contribution is 2.33. The molecule has 1 unspecified atom stereocenters. The van der Waals surface area contributed by atoms with E-state index in [9.17, 15) is 0 Å². The first kappa shape index (κ1) is 12.7. The molecule has 0 fully saturated rings. The summed E-state index contributed by atoms with van der Waals surface area (Å²) in [5.41, 5.74) is 4.35. The normalized spacial score (nSPS) is 13.5. The minimum atomic E-state index is 0.317. The lowest BCUT2D eigenvalue weighted by Crippen LogP contribution is -2.32. The van der Waals surface area contributed by atoms with E-state index >= 15 is 0 Å². The molecule has 0 saturated heterocycles. The fourth-order valence-electron chi connectivity index (χ4n) is 1.97. The van der Waals surface area contributed by atoms with Gasteiger partial charge in [0.2, 0.25) is 0 Å². The molecule has 0 bridgehead atoms. The third-order valence-corrected chi connectivity index (χ3v) is 4.43. The second kappa shape index (κ2) is 5.64. The summed E-state index contributed by atoms with van der Waals surface area (Å²) < 4.78 is 0. The molecule has 0 spiro atoms. The van der Waals surface area contributed by atoms with Crippen molar-refractivity contribution in [1.82, 2.24) is 5.43 Å². The van der Waals surface area contributed by atoms with E-state index < -0.39 is 0 Å². The molecule has 1 aromatic rings. The number of aryl methyl sites for hydroxylation is 2. The van der Waals surface area contributed by atoms with Crippen LogP contribution in [0.2, 0.25) is 0 Å². The van der Waals surface area contributed by atoms with Crippen molar-refractivity contribution in [3.8, 4) is 0 Å². The smallest absolute Gasteiger partial charge is 0.0581 e. The van der Waals surface area contributed by atoms with E-state index in [-0.39, 0.29) is 0 Å². The van der Waals surface area contributed by atoms with Crippen LogP contribution in [0, 0.1) is 19.8 Å². The summed E-state index contributed by atoms with van der Waals surface area (Å²) in [5, 5.41) is 0. The lowest BCUT2D eigenvalue weighted by molar-refractivity contribution is 0.350. The van der Waals surface area contributed by atoms with E-state index in [1.807, 2.05) is 11.3 Å². The van der Waals surface area contributed by atoms with Gasteiger partial charge in [-0.1, -0.05) is 26.7 Å². The summed E-state index contributed by atoms with van der Waals surface area (Å²) in [6.07, 6.45) is 2.34. The summed E-state index contributed by atoms with van der Waals surface area (Å²) in [7, 11) is 0. The average molecular weight is 226 g/mol. The highest BCUT2D eigenvalue weighted by atomic mass is 32.1. The standard InChI is InChI=1S/C12H22N2S/c1-5-10(6-2)12(14-13)11-7-8(3)9(4)15-11/h7,10,12,14H,5-6,13H2,1-4H3. The molecule has 0 aromatic carbocycles. The molecule has 86 valence electrons. The highest BCUT2D eigenvalue weighted by Gasteiger charge is 2.21. The molecule has 0 aliphatic heterocycles. The number of hydrogen-bond acceptors (Lipinski definition) is 3. The first-order valence-electron chi connectivity index (χ1n) is 5.67. The van der Waals surface area contributed by atoms with Crippen molar-refractivity contribution in [3.05, 3.63) is 21.4 Å². The van der Waals surface area contributed by atoms with Crippen LogP contribution in [-0.2, 0) is 0 Å². The molecule has 1 atom stereocenters. The highest BCUT2D eigenvalue weighted by molar-refractivity contribution is 7.12. The van der Waals surface area contributed by atoms with Crippen LogP contribution in [0.4, 0.5) is 0 Å². The Labute approximate surface area is 96.9 Å². The quantitative estimate of drug-likeness (QED) is 0.597. The van der Waals surface area contributed by atoms with E-state index in [1.165, 1.54) is 28.2 Å². The van der Waals surface area contributed by atoms with Gasteiger partial charge >= 0.3 is 0 Å². The van der Waals surface area contributed by atoms with E-state index in [1.54, 1.807) is 0 Å². The number of hydrazine groups is 1. The van der Waals surface area contributed by atoms with Gasteiger partial charge in [0.25, 0.3) is 0 Å². The maximum atomic E-state index is 5.67. The Morgan fingerprint density at radius 1 is 1.33 bits per heavy atom. The summed E-state index contributed by atoms with van der Waals surface area (Å²) in [4.78, 5) is 2.78. The number of nitrogens with two attached hydrogens (primary N) is 1. The zero-order valence-electron chi connectivity index (χ0n) is 10.1. The van der Waals surface area contributed by atoms with Crippen LogP contribution in [0.1, 0.15) is 48.0 Å². The maximum absolute atomic E-state index is 5.67. The summed E-state index contributed by atoms with van der Waals surface area (Å²) >= 11 is 1.86. The van der Waals surface area contributed by atoms with Crippen molar-refractivity contribution < 1.29 is 0 Å². The van der Waals surface area contributed by atoms with Gasteiger partial charge in [0.15, 0.2) is 0 Å². The van der Waals surface area contributed by atoms with Gasteiger partial charge < -0.3 is 0 Å². The average Bonchev–Trinajstić information content (AvgIpc) is 2.55. The summed E-state index contributed by atoms with van der Waals surface area (Å²) in [5.74, 6) is 6.30. The van der Waals surface area contributed by atoms with Crippen LogP contribution in [0.15, 0.2) is 6.07 Å². The Morgan fingerprint density at radius 3 is 2.27 bits per heavy atom.